The molecule has 3 aromatic rings. The van der Waals surface area contributed by atoms with Crippen LogP contribution in [0.1, 0.15) is 23.1 Å². The van der Waals surface area contributed by atoms with Gasteiger partial charge < -0.3 is 15.0 Å². The summed E-state index contributed by atoms with van der Waals surface area (Å²) in [5, 5.41) is 4.07. The Morgan fingerprint density at radius 3 is 2.85 bits per heavy atom. The Balaban J connectivity index is 1.84. The second-order valence-electron chi connectivity index (χ2n) is 6.71. The molecular formula is C21H20N2O3. The molecule has 0 fully saturated rings. The van der Waals surface area contributed by atoms with Crippen molar-refractivity contribution in [3.05, 3.63) is 53.1 Å². The van der Waals surface area contributed by atoms with Crippen molar-refractivity contribution in [2.45, 2.75) is 26.2 Å². The number of rotatable bonds is 3. The standard InChI is InChI=1S/C21H20N2O3/c1-12-3-6-17-14(9-12)15-11-19(24)22-18-7-4-13(5-8-20(25)26-2)10-16(18)21(15)23-17/h3-4,6-7,9-10,23H,5,8,11H2,1-2H3,(H,22,24). The molecule has 0 spiro atoms. The van der Waals surface area contributed by atoms with Crippen molar-refractivity contribution < 1.29 is 14.3 Å². The maximum atomic E-state index is 12.4. The highest BCUT2D eigenvalue weighted by Crippen LogP contribution is 2.38. The Morgan fingerprint density at radius 1 is 1.19 bits per heavy atom. The van der Waals surface area contributed by atoms with Gasteiger partial charge in [0, 0.05) is 22.9 Å². The molecule has 0 aliphatic carbocycles. The van der Waals surface area contributed by atoms with Crippen LogP contribution >= 0.6 is 0 Å². The number of aromatic nitrogens is 1. The first-order valence-electron chi connectivity index (χ1n) is 8.66. The minimum Gasteiger partial charge on any atom is -0.469 e. The summed E-state index contributed by atoms with van der Waals surface area (Å²) in [4.78, 5) is 27.3. The highest BCUT2D eigenvalue weighted by molar-refractivity contribution is 6.05. The van der Waals surface area contributed by atoms with Gasteiger partial charge in [0.15, 0.2) is 0 Å². The lowest BCUT2D eigenvalue weighted by molar-refractivity contribution is -0.140. The molecule has 5 nitrogen and oxygen atoms in total. The smallest absolute Gasteiger partial charge is 0.305 e. The lowest BCUT2D eigenvalue weighted by Crippen LogP contribution is -2.12. The van der Waals surface area contributed by atoms with Crippen LogP contribution in [0, 0.1) is 6.92 Å². The Labute approximate surface area is 151 Å². The zero-order chi connectivity index (χ0) is 18.3. The number of esters is 1. The Kier molecular flexibility index (Phi) is 3.99. The van der Waals surface area contributed by atoms with Crippen molar-refractivity contribution in [2.24, 2.45) is 0 Å². The molecule has 1 amide bonds. The predicted octanol–water partition coefficient (Wildman–Crippen LogP) is 3.74. The maximum Gasteiger partial charge on any atom is 0.305 e. The van der Waals surface area contributed by atoms with Crippen LogP contribution in [-0.4, -0.2) is 24.0 Å². The van der Waals surface area contributed by atoms with E-state index < -0.39 is 0 Å². The van der Waals surface area contributed by atoms with Crippen LogP contribution in [0.15, 0.2) is 36.4 Å². The molecule has 2 heterocycles. The molecule has 0 bridgehead atoms. The number of fused-ring (bicyclic) bond motifs is 5. The third-order valence-electron chi connectivity index (χ3n) is 4.87. The van der Waals surface area contributed by atoms with Crippen LogP contribution in [-0.2, 0) is 27.2 Å². The van der Waals surface area contributed by atoms with Gasteiger partial charge in [-0.1, -0.05) is 17.7 Å². The van der Waals surface area contributed by atoms with Crippen LogP contribution in [0.3, 0.4) is 0 Å². The molecule has 1 aromatic heterocycles. The molecule has 0 radical (unpaired) electrons. The fourth-order valence-electron chi connectivity index (χ4n) is 3.54. The molecule has 1 aliphatic heterocycles. The number of aryl methyl sites for hydroxylation is 2. The molecular weight excluding hydrogens is 328 g/mol. The van der Waals surface area contributed by atoms with Gasteiger partial charge in [-0.25, -0.2) is 0 Å². The number of benzene rings is 2. The van der Waals surface area contributed by atoms with E-state index in [1.807, 2.05) is 18.2 Å². The average molecular weight is 348 g/mol. The number of anilines is 1. The zero-order valence-corrected chi connectivity index (χ0v) is 14.8. The monoisotopic (exact) mass is 348 g/mol. The van der Waals surface area contributed by atoms with Gasteiger partial charge in [0.25, 0.3) is 0 Å². The van der Waals surface area contributed by atoms with Gasteiger partial charge in [0.05, 0.1) is 24.9 Å². The number of carbonyl (C=O) groups is 2. The summed E-state index contributed by atoms with van der Waals surface area (Å²) < 4.78 is 4.72. The molecule has 26 heavy (non-hydrogen) atoms. The normalized spacial score (nSPS) is 12.9. The lowest BCUT2D eigenvalue weighted by Gasteiger charge is -2.10. The number of ether oxygens (including phenoxy) is 1. The third kappa shape index (κ3) is 2.86. The second kappa shape index (κ2) is 6.33. The molecule has 0 saturated heterocycles. The Hall–Kier alpha value is -3.08. The van der Waals surface area contributed by atoms with E-state index in [9.17, 15) is 9.59 Å². The maximum absolute atomic E-state index is 12.4. The van der Waals surface area contributed by atoms with Crippen LogP contribution in [0.25, 0.3) is 22.2 Å². The van der Waals surface area contributed by atoms with Gasteiger partial charge in [-0.15, -0.1) is 0 Å². The van der Waals surface area contributed by atoms with E-state index in [0.29, 0.717) is 19.3 Å². The number of hydrogen-bond acceptors (Lipinski definition) is 3. The fraction of sp³-hybridized carbons (Fsp3) is 0.238. The van der Waals surface area contributed by atoms with Crippen molar-refractivity contribution in [1.82, 2.24) is 4.98 Å². The zero-order valence-electron chi connectivity index (χ0n) is 14.8. The average Bonchev–Trinajstić information content (AvgIpc) is 2.90. The van der Waals surface area contributed by atoms with Crippen LogP contribution < -0.4 is 5.32 Å². The van der Waals surface area contributed by atoms with E-state index in [2.05, 4.69) is 35.4 Å². The van der Waals surface area contributed by atoms with E-state index in [0.717, 1.165) is 44.5 Å². The first kappa shape index (κ1) is 16.4. The van der Waals surface area contributed by atoms with Crippen molar-refractivity contribution in [3.8, 4) is 11.3 Å². The minimum atomic E-state index is -0.227. The predicted molar refractivity (Wildman–Crippen MR) is 101 cm³/mol. The van der Waals surface area contributed by atoms with E-state index in [1.165, 1.54) is 7.11 Å². The highest BCUT2D eigenvalue weighted by atomic mass is 16.5. The fourth-order valence-corrected chi connectivity index (χ4v) is 3.54. The van der Waals surface area contributed by atoms with Crippen LogP contribution in [0.2, 0.25) is 0 Å². The summed E-state index contributed by atoms with van der Waals surface area (Å²) in [5.74, 6) is -0.246. The van der Waals surface area contributed by atoms with Gasteiger partial charge in [-0.2, -0.15) is 0 Å². The molecule has 0 atom stereocenters. The number of nitrogens with one attached hydrogen (secondary N) is 2. The van der Waals surface area contributed by atoms with Crippen molar-refractivity contribution in [1.29, 1.82) is 0 Å². The second-order valence-corrected chi connectivity index (χ2v) is 6.71. The van der Waals surface area contributed by atoms with E-state index in [-0.39, 0.29) is 11.9 Å². The van der Waals surface area contributed by atoms with Crippen LogP contribution in [0.4, 0.5) is 5.69 Å². The largest absolute Gasteiger partial charge is 0.469 e. The molecule has 4 rings (SSSR count). The van der Waals surface area contributed by atoms with Gasteiger partial charge in [-0.3, -0.25) is 9.59 Å². The lowest BCUT2D eigenvalue weighted by atomic mass is 9.99. The van der Waals surface area contributed by atoms with Gasteiger partial charge in [0.1, 0.15) is 0 Å². The molecule has 2 N–H and O–H groups in total. The number of aromatic amines is 1. The number of hydrogen-bond donors (Lipinski definition) is 2. The summed E-state index contributed by atoms with van der Waals surface area (Å²) in [6.45, 7) is 2.05. The molecule has 132 valence electrons. The van der Waals surface area contributed by atoms with E-state index in [4.69, 9.17) is 4.74 Å². The minimum absolute atomic E-state index is 0.0188. The first-order chi connectivity index (χ1) is 12.5. The van der Waals surface area contributed by atoms with Crippen LogP contribution in [0.5, 0.6) is 0 Å². The molecule has 0 unspecified atom stereocenters. The summed E-state index contributed by atoms with van der Waals surface area (Å²) in [6.07, 6.45) is 1.27. The quantitative estimate of drug-likeness (QED) is 0.708. The van der Waals surface area contributed by atoms with Gasteiger partial charge in [-0.05, 0) is 48.7 Å². The summed E-state index contributed by atoms with van der Waals surface area (Å²) in [7, 11) is 1.40. The molecule has 1 aliphatic rings. The Bertz CT molecular complexity index is 1030. The van der Waals surface area contributed by atoms with Gasteiger partial charge in [0.2, 0.25) is 5.91 Å². The summed E-state index contributed by atoms with van der Waals surface area (Å²) in [6, 6.07) is 12.1. The summed E-state index contributed by atoms with van der Waals surface area (Å²) >= 11 is 0. The molecule has 0 saturated carbocycles. The SMILES string of the molecule is COC(=O)CCc1ccc2c(c1)-c1[nH]c3ccc(C)cc3c1CC(=O)N2. The third-order valence-corrected chi connectivity index (χ3v) is 4.87. The molecule has 5 heteroatoms. The van der Waals surface area contributed by atoms with E-state index in [1.54, 1.807) is 0 Å². The number of H-pyrrole nitrogens is 1. The summed E-state index contributed by atoms with van der Waals surface area (Å²) in [5.41, 5.74) is 6.97. The highest BCUT2D eigenvalue weighted by Gasteiger charge is 2.23. The number of amides is 1. The number of methoxy groups -OCH3 is 1. The first-order valence-corrected chi connectivity index (χ1v) is 8.66. The molecule has 2 aromatic carbocycles. The topological polar surface area (TPSA) is 71.2 Å². The van der Waals surface area contributed by atoms with Crippen molar-refractivity contribution in [2.75, 3.05) is 12.4 Å². The van der Waals surface area contributed by atoms with Crippen molar-refractivity contribution in [3.63, 3.8) is 0 Å². The van der Waals surface area contributed by atoms with Crippen molar-refractivity contribution >= 4 is 28.5 Å². The number of carbonyl (C=O) groups excluding carboxylic acids is 2. The Morgan fingerprint density at radius 2 is 2.04 bits per heavy atom. The van der Waals surface area contributed by atoms with Gasteiger partial charge >= 0.3 is 5.97 Å². The van der Waals surface area contributed by atoms with E-state index >= 15 is 0 Å².